The molecule has 25 heavy (non-hydrogen) atoms. The van der Waals surface area contributed by atoms with Crippen molar-refractivity contribution in [3.05, 3.63) is 36.2 Å². The lowest BCUT2D eigenvalue weighted by molar-refractivity contribution is 0.189. The minimum atomic E-state index is 0. The number of nitrogens with zero attached hydrogens (tertiary/aromatic N) is 5. The molecule has 8 heteroatoms. The zero-order valence-corrected chi connectivity index (χ0v) is 17.5. The van der Waals surface area contributed by atoms with E-state index in [4.69, 9.17) is 4.99 Å². The van der Waals surface area contributed by atoms with Gasteiger partial charge in [-0.2, -0.15) is 5.10 Å². The van der Waals surface area contributed by atoms with Crippen molar-refractivity contribution in [2.75, 3.05) is 19.6 Å². The Bertz CT molecular complexity index is 664. The quantitative estimate of drug-likeness (QED) is 0.421. The molecule has 138 valence electrons. The van der Waals surface area contributed by atoms with E-state index in [2.05, 4.69) is 50.0 Å². The number of nitrogens with one attached hydrogen (secondary N) is 2. The molecule has 0 aliphatic carbocycles. The van der Waals surface area contributed by atoms with E-state index in [0.717, 1.165) is 43.3 Å². The van der Waals surface area contributed by atoms with Gasteiger partial charge >= 0.3 is 0 Å². The van der Waals surface area contributed by atoms with Crippen LogP contribution in [0.15, 0.2) is 29.9 Å². The van der Waals surface area contributed by atoms with Gasteiger partial charge in [-0.15, -0.1) is 24.0 Å². The molecule has 2 unspecified atom stereocenters. The number of guanidine groups is 1. The van der Waals surface area contributed by atoms with E-state index < -0.39 is 0 Å². The van der Waals surface area contributed by atoms with E-state index in [9.17, 15) is 0 Å². The van der Waals surface area contributed by atoms with Gasteiger partial charge in [-0.25, -0.2) is 9.98 Å². The summed E-state index contributed by atoms with van der Waals surface area (Å²) >= 11 is 0. The molecule has 1 fully saturated rings. The molecule has 0 amide bonds. The van der Waals surface area contributed by atoms with Crippen LogP contribution in [0.25, 0.3) is 0 Å². The Labute approximate surface area is 166 Å². The van der Waals surface area contributed by atoms with E-state index in [-0.39, 0.29) is 24.0 Å². The zero-order chi connectivity index (χ0) is 16.9. The van der Waals surface area contributed by atoms with Crippen LogP contribution in [0.1, 0.15) is 37.6 Å². The van der Waals surface area contributed by atoms with Crippen molar-refractivity contribution in [3.63, 3.8) is 0 Å². The molecule has 7 nitrogen and oxygen atoms in total. The Kier molecular flexibility index (Phi) is 7.27. The molecule has 1 aliphatic heterocycles. The van der Waals surface area contributed by atoms with E-state index in [0.29, 0.717) is 18.5 Å². The van der Waals surface area contributed by atoms with Crippen molar-refractivity contribution in [3.8, 4) is 0 Å². The second kappa shape index (κ2) is 9.21. The lowest BCUT2D eigenvalue weighted by atomic mass is 9.93. The summed E-state index contributed by atoms with van der Waals surface area (Å²) in [6.07, 6.45) is 8.84. The number of halogens is 1. The molecule has 2 aromatic heterocycles. The Morgan fingerprint density at radius 1 is 1.48 bits per heavy atom. The third kappa shape index (κ3) is 4.74. The number of imidazole rings is 1. The number of H-pyrrole nitrogens is 1. The van der Waals surface area contributed by atoms with Crippen LogP contribution >= 0.6 is 24.0 Å². The summed E-state index contributed by atoms with van der Waals surface area (Å²) in [5.74, 6) is 1.62. The SMILES string of the molecule is CCNC(=NCc1cn[nH]c1C)N1CCC(C)C(n2ccnc2)C1.I. The Hall–Kier alpha value is -1.58. The van der Waals surface area contributed by atoms with Crippen molar-refractivity contribution < 1.29 is 0 Å². The van der Waals surface area contributed by atoms with E-state index in [1.807, 2.05) is 25.6 Å². The molecular weight excluding hydrogens is 429 g/mol. The summed E-state index contributed by atoms with van der Waals surface area (Å²) in [6, 6.07) is 0.431. The molecule has 2 atom stereocenters. The van der Waals surface area contributed by atoms with Crippen molar-refractivity contribution >= 4 is 29.9 Å². The molecule has 0 spiro atoms. The first-order chi connectivity index (χ1) is 11.7. The molecule has 0 bridgehead atoms. The highest BCUT2D eigenvalue weighted by Crippen LogP contribution is 2.27. The molecule has 3 heterocycles. The van der Waals surface area contributed by atoms with Gasteiger partial charge in [0.25, 0.3) is 0 Å². The van der Waals surface area contributed by atoms with Gasteiger partial charge in [-0.05, 0) is 26.2 Å². The molecule has 3 rings (SSSR count). The largest absolute Gasteiger partial charge is 0.357 e. The minimum absolute atomic E-state index is 0. The van der Waals surface area contributed by atoms with Gasteiger partial charge in [0.2, 0.25) is 0 Å². The predicted octanol–water partition coefficient (Wildman–Crippen LogP) is 2.58. The van der Waals surface area contributed by atoms with Gasteiger partial charge in [0.1, 0.15) is 0 Å². The van der Waals surface area contributed by atoms with Crippen LogP contribution in [-0.2, 0) is 6.54 Å². The highest BCUT2D eigenvalue weighted by Gasteiger charge is 2.28. The maximum atomic E-state index is 4.83. The number of rotatable bonds is 4. The smallest absolute Gasteiger partial charge is 0.194 e. The van der Waals surface area contributed by atoms with Gasteiger partial charge in [-0.3, -0.25) is 5.10 Å². The molecule has 1 saturated heterocycles. The predicted molar refractivity (Wildman–Crippen MR) is 110 cm³/mol. The zero-order valence-electron chi connectivity index (χ0n) is 15.1. The first kappa shape index (κ1) is 19.7. The fourth-order valence-corrected chi connectivity index (χ4v) is 3.22. The normalized spacial score (nSPS) is 21.1. The lowest BCUT2D eigenvalue weighted by Gasteiger charge is -2.39. The summed E-state index contributed by atoms with van der Waals surface area (Å²) in [6.45, 7) is 9.95. The average Bonchev–Trinajstić information content (AvgIpc) is 3.24. The van der Waals surface area contributed by atoms with Crippen molar-refractivity contribution in [2.24, 2.45) is 10.9 Å². The Morgan fingerprint density at radius 3 is 2.96 bits per heavy atom. The number of aryl methyl sites for hydroxylation is 1. The summed E-state index contributed by atoms with van der Waals surface area (Å²) in [5, 5.41) is 10.5. The van der Waals surface area contributed by atoms with Crippen LogP contribution < -0.4 is 5.32 Å². The van der Waals surface area contributed by atoms with Crippen LogP contribution in [0.5, 0.6) is 0 Å². The van der Waals surface area contributed by atoms with Gasteiger partial charge in [0, 0.05) is 43.3 Å². The summed E-state index contributed by atoms with van der Waals surface area (Å²) in [7, 11) is 0. The Balaban J connectivity index is 0.00000225. The highest BCUT2D eigenvalue weighted by atomic mass is 127. The monoisotopic (exact) mass is 457 g/mol. The van der Waals surface area contributed by atoms with Gasteiger partial charge in [0.15, 0.2) is 5.96 Å². The second-order valence-electron chi connectivity index (χ2n) is 6.48. The van der Waals surface area contributed by atoms with Gasteiger partial charge in [0.05, 0.1) is 25.1 Å². The van der Waals surface area contributed by atoms with E-state index in [1.54, 1.807) is 0 Å². The second-order valence-corrected chi connectivity index (χ2v) is 6.48. The van der Waals surface area contributed by atoms with Crippen LogP contribution in [0, 0.1) is 12.8 Å². The number of hydrogen-bond acceptors (Lipinski definition) is 3. The molecule has 0 radical (unpaired) electrons. The maximum absolute atomic E-state index is 4.83. The maximum Gasteiger partial charge on any atom is 0.194 e. The van der Waals surface area contributed by atoms with Gasteiger partial charge in [-0.1, -0.05) is 6.92 Å². The van der Waals surface area contributed by atoms with Crippen LogP contribution in [-0.4, -0.2) is 50.2 Å². The van der Waals surface area contributed by atoms with Crippen molar-refractivity contribution in [2.45, 2.75) is 39.8 Å². The fraction of sp³-hybridized carbons (Fsp3) is 0.588. The molecule has 0 aromatic carbocycles. The van der Waals surface area contributed by atoms with E-state index in [1.165, 1.54) is 0 Å². The molecule has 2 aromatic rings. The van der Waals surface area contributed by atoms with Crippen molar-refractivity contribution in [1.82, 2.24) is 30.0 Å². The number of likely N-dealkylation sites (tertiary alicyclic amines) is 1. The third-order valence-electron chi connectivity index (χ3n) is 4.79. The number of hydrogen-bond donors (Lipinski definition) is 2. The minimum Gasteiger partial charge on any atom is -0.357 e. The molecule has 1 aliphatic rings. The topological polar surface area (TPSA) is 74.1 Å². The number of piperidine rings is 1. The lowest BCUT2D eigenvalue weighted by Crippen LogP contribution is -2.49. The number of aliphatic imine (C=N–C) groups is 1. The molecular formula is C17H28IN7. The number of aromatic amines is 1. The first-order valence-electron chi connectivity index (χ1n) is 8.68. The third-order valence-corrected chi connectivity index (χ3v) is 4.79. The van der Waals surface area contributed by atoms with Crippen LogP contribution in [0.4, 0.5) is 0 Å². The summed E-state index contributed by atoms with van der Waals surface area (Å²) < 4.78 is 2.22. The molecule has 0 saturated carbocycles. The van der Waals surface area contributed by atoms with E-state index >= 15 is 0 Å². The summed E-state index contributed by atoms with van der Waals surface area (Å²) in [4.78, 5) is 11.4. The summed E-state index contributed by atoms with van der Waals surface area (Å²) in [5.41, 5.74) is 2.22. The average molecular weight is 457 g/mol. The van der Waals surface area contributed by atoms with Crippen LogP contribution in [0.3, 0.4) is 0 Å². The van der Waals surface area contributed by atoms with Crippen LogP contribution in [0.2, 0.25) is 0 Å². The fourth-order valence-electron chi connectivity index (χ4n) is 3.22. The number of aromatic nitrogens is 4. The standard InChI is InChI=1S/C17H27N7.HI/c1-4-19-17(20-9-15-10-21-22-14(15)3)23-7-5-13(2)16(11-23)24-8-6-18-12-24;/h6,8,10,12-13,16H,4-5,7,9,11H2,1-3H3,(H,19,20)(H,21,22);1H. The highest BCUT2D eigenvalue weighted by molar-refractivity contribution is 14.0. The molecule has 2 N–H and O–H groups in total. The Morgan fingerprint density at radius 2 is 2.32 bits per heavy atom. The van der Waals surface area contributed by atoms with Gasteiger partial charge < -0.3 is 14.8 Å². The van der Waals surface area contributed by atoms with Crippen molar-refractivity contribution in [1.29, 1.82) is 0 Å². The first-order valence-corrected chi connectivity index (χ1v) is 8.68.